The minimum atomic E-state index is 0.0825. The molecule has 0 spiro atoms. The highest BCUT2D eigenvalue weighted by molar-refractivity contribution is 5.79. The average molecular weight is 375 g/mol. The van der Waals surface area contributed by atoms with Crippen molar-refractivity contribution in [3.8, 4) is 0 Å². The number of anilines is 2. The van der Waals surface area contributed by atoms with Crippen molar-refractivity contribution < 1.29 is 14.3 Å². The molecule has 0 aromatic carbocycles. The summed E-state index contributed by atoms with van der Waals surface area (Å²) in [4.78, 5) is 25.8. The molecule has 3 saturated heterocycles. The molecule has 148 valence electrons. The minimum Gasteiger partial charge on any atom is -0.378 e. The molecule has 8 nitrogen and oxygen atoms in total. The molecule has 4 heterocycles. The van der Waals surface area contributed by atoms with E-state index in [1.54, 1.807) is 6.33 Å². The van der Waals surface area contributed by atoms with Crippen molar-refractivity contribution in [2.45, 2.75) is 31.8 Å². The molecule has 1 aromatic heterocycles. The number of nitrogens with one attached hydrogen (secondary N) is 1. The first kappa shape index (κ1) is 18.4. The van der Waals surface area contributed by atoms with E-state index in [0.717, 1.165) is 83.2 Å². The SMILES string of the molecule is O=C(NC[C@@H]1CCCO1)C1CCN(c2cncnc2N2CCOCC2)CC1. The van der Waals surface area contributed by atoms with Crippen LogP contribution in [0.2, 0.25) is 0 Å². The summed E-state index contributed by atoms with van der Waals surface area (Å²) in [6, 6.07) is 0. The third kappa shape index (κ3) is 4.50. The maximum Gasteiger partial charge on any atom is 0.223 e. The largest absolute Gasteiger partial charge is 0.378 e. The molecule has 0 bridgehead atoms. The van der Waals surface area contributed by atoms with Crippen LogP contribution in [0.1, 0.15) is 25.7 Å². The molecule has 0 radical (unpaired) electrons. The zero-order valence-corrected chi connectivity index (χ0v) is 15.8. The second-order valence-electron chi connectivity index (χ2n) is 7.47. The van der Waals surface area contributed by atoms with Gasteiger partial charge in [-0.2, -0.15) is 0 Å². The van der Waals surface area contributed by atoms with Crippen LogP contribution in [-0.2, 0) is 14.3 Å². The number of morpholine rings is 1. The van der Waals surface area contributed by atoms with E-state index in [0.29, 0.717) is 6.54 Å². The van der Waals surface area contributed by atoms with Gasteiger partial charge in [0.2, 0.25) is 5.91 Å². The number of carbonyl (C=O) groups is 1. The summed E-state index contributed by atoms with van der Waals surface area (Å²) in [5, 5.41) is 3.08. The molecule has 3 aliphatic heterocycles. The van der Waals surface area contributed by atoms with E-state index in [2.05, 4.69) is 25.1 Å². The Morgan fingerprint density at radius 1 is 1.11 bits per heavy atom. The van der Waals surface area contributed by atoms with Gasteiger partial charge in [-0.25, -0.2) is 9.97 Å². The monoisotopic (exact) mass is 375 g/mol. The molecule has 0 unspecified atom stereocenters. The molecule has 1 amide bonds. The number of carbonyl (C=O) groups excluding carboxylic acids is 1. The van der Waals surface area contributed by atoms with E-state index >= 15 is 0 Å². The van der Waals surface area contributed by atoms with Gasteiger partial charge in [0.15, 0.2) is 5.82 Å². The lowest BCUT2D eigenvalue weighted by atomic mass is 9.95. The highest BCUT2D eigenvalue weighted by Crippen LogP contribution is 2.30. The van der Waals surface area contributed by atoms with Crippen molar-refractivity contribution in [1.82, 2.24) is 15.3 Å². The fraction of sp³-hybridized carbons (Fsp3) is 0.737. The maximum absolute atomic E-state index is 12.5. The molecule has 0 aliphatic carbocycles. The third-order valence-corrected chi connectivity index (χ3v) is 5.72. The first-order chi connectivity index (χ1) is 13.3. The van der Waals surface area contributed by atoms with E-state index in [1.807, 2.05) is 6.20 Å². The molecular formula is C19H29N5O3. The van der Waals surface area contributed by atoms with Gasteiger partial charge in [0.05, 0.1) is 31.2 Å². The topological polar surface area (TPSA) is 79.8 Å². The molecular weight excluding hydrogens is 346 g/mol. The van der Waals surface area contributed by atoms with E-state index in [9.17, 15) is 4.79 Å². The fourth-order valence-corrected chi connectivity index (χ4v) is 4.10. The summed E-state index contributed by atoms with van der Waals surface area (Å²) in [5.41, 5.74) is 1.07. The van der Waals surface area contributed by atoms with Crippen molar-refractivity contribution in [1.29, 1.82) is 0 Å². The summed E-state index contributed by atoms with van der Waals surface area (Å²) < 4.78 is 11.0. The van der Waals surface area contributed by atoms with Crippen molar-refractivity contribution in [2.75, 3.05) is 62.3 Å². The second kappa shape index (κ2) is 8.84. The van der Waals surface area contributed by atoms with Gasteiger partial charge in [0.1, 0.15) is 6.33 Å². The van der Waals surface area contributed by atoms with Crippen molar-refractivity contribution in [2.24, 2.45) is 5.92 Å². The van der Waals surface area contributed by atoms with Crippen LogP contribution in [0.3, 0.4) is 0 Å². The van der Waals surface area contributed by atoms with Gasteiger partial charge in [-0.15, -0.1) is 0 Å². The standard InChI is InChI=1S/C19H29N5O3/c25-19(21-12-16-2-1-9-27-16)15-3-5-23(6-4-15)17-13-20-14-22-18(17)24-7-10-26-11-8-24/h13-16H,1-12H2,(H,21,25)/t16-/m0/s1. The first-order valence-corrected chi connectivity index (χ1v) is 10.1. The molecule has 0 saturated carbocycles. The molecule has 8 heteroatoms. The highest BCUT2D eigenvalue weighted by atomic mass is 16.5. The van der Waals surface area contributed by atoms with Gasteiger partial charge < -0.3 is 24.6 Å². The normalized spacial score (nSPS) is 24.2. The Balaban J connectivity index is 1.32. The fourth-order valence-electron chi connectivity index (χ4n) is 4.10. The van der Waals surface area contributed by atoms with Crippen molar-refractivity contribution in [3.05, 3.63) is 12.5 Å². The van der Waals surface area contributed by atoms with Gasteiger partial charge in [0, 0.05) is 45.2 Å². The zero-order chi connectivity index (χ0) is 18.5. The van der Waals surface area contributed by atoms with Gasteiger partial charge in [-0.05, 0) is 25.7 Å². The lowest BCUT2D eigenvalue weighted by Gasteiger charge is -2.36. The van der Waals surface area contributed by atoms with Crippen LogP contribution in [0, 0.1) is 5.92 Å². The maximum atomic E-state index is 12.5. The van der Waals surface area contributed by atoms with Crippen LogP contribution in [-0.4, -0.2) is 74.5 Å². The van der Waals surface area contributed by atoms with Crippen LogP contribution >= 0.6 is 0 Å². The number of rotatable bonds is 5. The van der Waals surface area contributed by atoms with E-state index in [4.69, 9.17) is 9.47 Å². The Morgan fingerprint density at radius 2 is 1.93 bits per heavy atom. The van der Waals surface area contributed by atoms with Crippen LogP contribution in [0.25, 0.3) is 0 Å². The Kier molecular flexibility index (Phi) is 6.03. The summed E-state index contributed by atoms with van der Waals surface area (Å²) >= 11 is 0. The third-order valence-electron chi connectivity index (χ3n) is 5.72. The van der Waals surface area contributed by atoms with Crippen LogP contribution < -0.4 is 15.1 Å². The predicted molar refractivity (Wildman–Crippen MR) is 102 cm³/mol. The van der Waals surface area contributed by atoms with Crippen LogP contribution in [0.5, 0.6) is 0 Å². The molecule has 1 atom stereocenters. The molecule has 4 rings (SSSR count). The lowest BCUT2D eigenvalue weighted by molar-refractivity contribution is -0.126. The second-order valence-corrected chi connectivity index (χ2v) is 7.47. The van der Waals surface area contributed by atoms with Crippen molar-refractivity contribution in [3.63, 3.8) is 0 Å². The molecule has 1 N–H and O–H groups in total. The zero-order valence-electron chi connectivity index (χ0n) is 15.8. The number of piperidine rings is 1. The Morgan fingerprint density at radius 3 is 2.67 bits per heavy atom. The molecule has 3 fully saturated rings. The number of amides is 1. The van der Waals surface area contributed by atoms with E-state index in [-0.39, 0.29) is 17.9 Å². The summed E-state index contributed by atoms with van der Waals surface area (Å²) in [5.74, 6) is 1.23. The Labute approximate surface area is 160 Å². The molecule has 1 aromatic rings. The first-order valence-electron chi connectivity index (χ1n) is 10.1. The van der Waals surface area contributed by atoms with E-state index < -0.39 is 0 Å². The summed E-state index contributed by atoms with van der Waals surface area (Å²) in [6.45, 7) is 6.34. The number of ether oxygens (including phenoxy) is 2. The van der Waals surface area contributed by atoms with Crippen LogP contribution in [0.15, 0.2) is 12.5 Å². The van der Waals surface area contributed by atoms with Gasteiger partial charge in [0.25, 0.3) is 0 Å². The van der Waals surface area contributed by atoms with Crippen LogP contribution in [0.4, 0.5) is 11.5 Å². The number of aromatic nitrogens is 2. The quantitative estimate of drug-likeness (QED) is 0.816. The lowest BCUT2D eigenvalue weighted by Crippen LogP contribution is -2.43. The predicted octanol–water partition coefficient (Wildman–Crippen LogP) is 0.825. The molecule has 27 heavy (non-hydrogen) atoms. The minimum absolute atomic E-state index is 0.0825. The number of nitrogens with zero attached hydrogens (tertiary/aromatic N) is 4. The van der Waals surface area contributed by atoms with Gasteiger partial charge >= 0.3 is 0 Å². The number of hydrogen-bond acceptors (Lipinski definition) is 7. The average Bonchev–Trinajstić information content (AvgIpc) is 3.26. The highest BCUT2D eigenvalue weighted by Gasteiger charge is 2.28. The Bertz CT molecular complexity index is 624. The summed E-state index contributed by atoms with van der Waals surface area (Å²) in [6.07, 6.45) is 7.57. The van der Waals surface area contributed by atoms with Gasteiger partial charge in [-0.3, -0.25) is 4.79 Å². The van der Waals surface area contributed by atoms with Gasteiger partial charge in [-0.1, -0.05) is 0 Å². The Hall–Kier alpha value is -1.93. The molecule has 3 aliphatic rings. The number of hydrogen-bond donors (Lipinski definition) is 1. The summed E-state index contributed by atoms with van der Waals surface area (Å²) in [7, 11) is 0. The van der Waals surface area contributed by atoms with Crippen molar-refractivity contribution >= 4 is 17.4 Å². The van der Waals surface area contributed by atoms with E-state index in [1.165, 1.54) is 0 Å². The smallest absolute Gasteiger partial charge is 0.223 e.